The predicted octanol–water partition coefficient (Wildman–Crippen LogP) is 8.54. The van der Waals surface area contributed by atoms with Crippen LogP contribution in [0.25, 0.3) is 0 Å². The minimum atomic E-state index is -5.15. The van der Waals surface area contributed by atoms with E-state index in [2.05, 4.69) is 4.98 Å². The fourth-order valence-corrected chi connectivity index (χ4v) is 5.86. The number of pyridine rings is 1. The Labute approximate surface area is 280 Å². The van der Waals surface area contributed by atoms with E-state index in [1.54, 1.807) is 13.8 Å². The number of alkyl halides is 9. The number of nitrogens with zero attached hydrogens (tertiary/aromatic N) is 2. The fraction of sp³-hybridized carbons (Fsp3) is 0.424. The summed E-state index contributed by atoms with van der Waals surface area (Å²) in [5.74, 6) is -1.70. The molecule has 1 amide bonds. The van der Waals surface area contributed by atoms with Crippen molar-refractivity contribution in [2.75, 3.05) is 18.1 Å². The quantitative estimate of drug-likeness (QED) is 0.123. The standard InChI is InChI=1S/C33H32F9N3O5/c1-3-30(43)16-25(24-15-20(31(34,35)36)7-8-26(24)45(30)29(47)48)28-19(13-23(17-44-28)50-9-5-6-27(46)49-4-2)10-18-11-21(32(37,38)39)14-22(12-18)33(40,41)42/h7-8,11-15,17,25H,3-6,9-10,16,43H2,1-2H3,(H,47,48)/t25-,30+/m0/s1. The average molecular weight is 722 g/mol. The molecule has 0 fully saturated rings. The number of halogens is 9. The number of rotatable bonds is 10. The number of hydrogen-bond acceptors (Lipinski definition) is 6. The van der Waals surface area contributed by atoms with Gasteiger partial charge in [-0.05, 0) is 91.8 Å². The molecule has 0 spiro atoms. The van der Waals surface area contributed by atoms with Crippen LogP contribution in [0.5, 0.6) is 5.75 Å². The van der Waals surface area contributed by atoms with Gasteiger partial charge in [0.15, 0.2) is 0 Å². The molecule has 0 saturated heterocycles. The molecule has 0 saturated carbocycles. The van der Waals surface area contributed by atoms with Crippen molar-refractivity contribution in [1.82, 2.24) is 4.98 Å². The Morgan fingerprint density at radius 2 is 1.56 bits per heavy atom. The highest BCUT2D eigenvalue weighted by atomic mass is 19.4. The van der Waals surface area contributed by atoms with Crippen molar-refractivity contribution in [2.24, 2.45) is 5.73 Å². The lowest BCUT2D eigenvalue weighted by atomic mass is 9.77. The average Bonchev–Trinajstić information content (AvgIpc) is 3.01. The summed E-state index contributed by atoms with van der Waals surface area (Å²) in [5, 5.41) is 10.1. The van der Waals surface area contributed by atoms with Gasteiger partial charge in [0, 0.05) is 12.3 Å². The Bertz CT molecular complexity index is 1690. The first-order valence-electron chi connectivity index (χ1n) is 15.3. The van der Waals surface area contributed by atoms with Crippen LogP contribution in [-0.4, -0.2) is 41.0 Å². The van der Waals surface area contributed by atoms with Gasteiger partial charge >= 0.3 is 30.6 Å². The second-order valence-corrected chi connectivity index (χ2v) is 11.7. The van der Waals surface area contributed by atoms with E-state index in [0.29, 0.717) is 18.2 Å². The van der Waals surface area contributed by atoms with Crippen molar-refractivity contribution in [3.8, 4) is 5.75 Å². The molecule has 1 aliphatic rings. The number of anilines is 1. The molecule has 50 heavy (non-hydrogen) atoms. The topological polar surface area (TPSA) is 115 Å². The SMILES string of the molecule is CCOC(=O)CCCOc1cnc([C@H]2C[C@@](N)(CC)N(C(=O)O)c3ccc(C(F)(F)F)cc32)c(Cc2cc(C(F)(F)F)cc(C(F)(F)F)c2)c1. The van der Waals surface area contributed by atoms with Gasteiger partial charge in [0.2, 0.25) is 0 Å². The zero-order valence-electron chi connectivity index (χ0n) is 26.6. The number of benzene rings is 2. The molecule has 3 N–H and O–H groups in total. The molecule has 0 unspecified atom stereocenters. The number of carbonyl (C=O) groups is 2. The summed E-state index contributed by atoms with van der Waals surface area (Å²) in [6, 6.07) is 4.63. The molecule has 2 heterocycles. The minimum absolute atomic E-state index is 0.00243. The van der Waals surface area contributed by atoms with Crippen molar-refractivity contribution in [1.29, 1.82) is 0 Å². The smallest absolute Gasteiger partial charge is 0.416 e. The van der Waals surface area contributed by atoms with E-state index < -0.39 is 70.8 Å². The van der Waals surface area contributed by atoms with Crippen molar-refractivity contribution < 1.29 is 63.7 Å². The molecule has 17 heteroatoms. The summed E-state index contributed by atoms with van der Waals surface area (Å²) in [6.07, 6.45) is -16.4. The van der Waals surface area contributed by atoms with Crippen LogP contribution in [0.1, 0.15) is 84.5 Å². The summed E-state index contributed by atoms with van der Waals surface area (Å²) in [7, 11) is 0. The summed E-state index contributed by atoms with van der Waals surface area (Å²) in [4.78, 5) is 29.2. The number of carbonyl (C=O) groups excluding carboxylic acids is 1. The second kappa shape index (κ2) is 14.4. The third-order valence-corrected chi connectivity index (χ3v) is 8.23. The third-order valence-electron chi connectivity index (χ3n) is 8.23. The van der Waals surface area contributed by atoms with Gasteiger partial charge in [-0.3, -0.25) is 14.7 Å². The summed E-state index contributed by atoms with van der Waals surface area (Å²) < 4.78 is 135. The van der Waals surface area contributed by atoms with Crippen LogP contribution in [0.15, 0.2) is 48.7 Å². The van der Waals surface area contributed by atoms with Crippen LogP contribution < -0.4 is 15.4 Å². The summed E-state index contributed by atoms with van der Waals surface area (Å²) in [6.45, 7) is 3.25. The molecule has 272 valence electrons. The molecule has 2 atom stereocenters. The van der Waals surface area contributed by atoms with E-state index in [1.807, 2.05) is 0 Å². The Kier molecular flexibility index (Phi) is 11.0. The number of ether oxygens (including phenoxy) is 2. The van der Waals surface area contributed by atoms with Crippen molar-refractivity contribution in [3.63, 3.8) is 0 Å². The number of aromatic nitrogens is 1. The molecule has 1 aliphatic heterocycles. The molecule has 4 rings (SSSR count). The van der Waals surface area contributed by atoms with Gasteiger partial charge in [-0.25, -0.2) is 4.79 Å². The molecule has 2 aromatic carbocycles. The lowest BCUT2D eigenvalue weighted by Crippen LogP contribution is -2.61. The minimum Gasteiger partial charge on any atom is -0.492 e. The molecular weight excluding hydrogens is 689 g/mol. The first-order valence-corrected chi connectivity index (χ1v) is 15.3. The third kappa shape index (κ3) is 8.60. The molecule has 0 radical (unpaired) electrons. The van der Waals surface area contributed by atoms with Crippen LogP contribution in [0.3, 0.4) is 0 Å². The molecule has 8 nitrogen and oxygen atoms in total. The zero-order valence-corrected chi connectivity index (χ0v) is 26.6. The highest BCUT2D eigenvalue weighted by Crippen LogP contribution is 2.48. The fourth-order valence-electron chi connectivity index (χ4n) is 5.86. The van der Waals surface area contributed by atoms with E-state index in [9.17, 15) is 54.2 Å². The van der Waals surface area contributed by atoms with Crippen molar-refractivity contribution in [3.05, 3.63) is 87.7 Å². The van der Waals surface area contributed by atoms with Gasteiger partial charge in [-0.1, -0.05) is 6.92 Å². The van der Waals surface area contributed by atoms with E-state index in [1.165, 1.54) is 6.07 Å². The molecular formula is C33H32F9N3O5. The summed E-state index contributed by atoms with van der Waals surface area (Å²) in [5.41, 5.74) is -0.351. The largest absolute Gasteiger partial charge is 0.492 e. The highest BCUT2D eigenvalue weighted by Gasteiger charge is 2.47. The molecule has 0 bridgehead atoms. The maximum absolute atomic E-state index is 13.9. The van der Waals surface area contributed by atoms with Gasteiger partial charge in [-0.15, -0.1) is 0 Å². The van der Waals surface area contributed by atoms with E-state index in [0.717, 1.165) is 23.2 Å². The number of carboxylic acid groups (broad SMARTS) is 1. The van der Waals surface area contributed by atoms with E-state index in [-0.39, 0.29) is 73.2 Å². The van der Waals surface area contributed by atoms with Gasteiger partial charge < -0.3 is 20.3 Å². The lowest BCUT2D eigenvalue weighted by Gasteiger charge is -2.46. The van der Waals surface area contributed by atoms with E-state index in [4.69, 9.17) is 15.2 Å². The van der Waals surface area contributed by atoms with Crippen LogP contribution in [0.4, 0.5) is 50.0 Å². The van der Waals surface area contributed by atoms with Gasteiger partial charge in [0.1, 0.15) is 11.4 Å². The Balaban J connectivity index is 1.90. The number of amides is 1. The second-order valence-electron chi connectivity index (χ2n) is 11.7. The van der Waals surface area contributed by atoms with Gasteiger partial charge in [0.05, 0.1) is 47.5 Å². The van der Waals surface area contributed by atoms with Crippen LogP contribution >= 0.6 is 0 Å². The zero-order chi connectivity index (χ0) is 37.2. The maximum Gasteiger partial charge on any atom is 0.416 e. The number of fused-ring (bicyclic) bond motifs is 1. The Morgan fingerprint density at radius 3 is 2.10 bits per heavy atom. The monoisotopic (exact) mass is 721 g/mol. The molecule has 0 aliphatic carbocycles. The van der Waals surface area contributed by atoms with Crippen molar-refractivity contribution in [2.45, 2.75) is 76.1 Å². The highest BCUT2D eigenvalue weighted by molar-refractivity contribution is 5.90. The maximum atomic E-state index is 13.9. The lowest BCUT2D eigenvalue weighted by molar-refractivity contribution is -0.144. The van der Waals surface area contributed by atoms with Crippen LogP contribution in [0, 0.1) is 0 Å². The van der Waals surface area contributed by atoms with Crippen molar-refractivity contribution >= 4 is 17.7 Å². The molecule has 3 aromatic rings. The Morgan fingerprint density at radius 1 is 0.940 bits per heavy atom. The molecule has 1 aromatic heterocycles. The van der Waals surface area contributed by atoms with Gasteiger partial charge in [-0.2, -0.15) is 39.5 Å². The first kappa shape index (κ1) is 38.3. The van der Waals surface area contributed by atoms with Gasteiger partial charge in [0.25, 0.3) is 0 Å². The number of hydrogen-bond donors (Lipinski definition) is 2. The van der Waals surface area contributed by atoms with E-state index >= 15 is 0 Å². The predicted molar refractivity (Wildman–Crippen MR) is 160 cm³/mol. The summed E-state index contributed by atoms with van der Waals surface area (Å²) >= 11 is 0. The van der Waals surface area contributed by atoms with Crippen LogP contribution in [0.2, 0.25) is 0 Å². The Hall–Kier alpha value is -4.54. The van der Waals surface area contributed by atoms with Crippen LogP contribution in [-0.2, 0) is 34.5 Å². The normalized spacial score (nSPS) is 18.1. The first-order chi connectivity index (χ1) is 23.2. The number of nitrogens with two attached hydrogens (primary N) is 1. The number of esters is 1.